The van der Waals surface area contributed by atoms with Gasteiger partial charge < -0.3 is 19.4 Å². The molecule has 10 heteroatoms. The van der Waals surface area contributed by atoms with Crippen LogP contribution < -0.4 is 5.32 Å². The number of quaternary nitrogens is 1. The Balaban J connectivity index is 5.19. The predicted molar refractivity (Wildman–Crippen MR) is 328 cm³/mol. The molecule has 0 aromatic rings. The third kappa shape index (κ3) is 56.7. The number of ether oxygens (including phenoxy) is 1. The maximum atomic E-state index is 13.6. The van der Waals surface area contributed by atoms with Gasteiger partial charge in [0.15, 0.2) is 0 Å². The van der Waals surface area contributed by atoms with Crippen molar-refractivity contribution in [3.8, 4) is 0 Å². The van der Waals surface area contributed by atoms with E-state index < -0.39 is 20.0 Å². The first kappa shape index (κ1) is 74.0. The number of allylic oxidation sites excluding steroid dienone is 7. The normalized spacial score (nSPS) is 13.9. The van der Waals surface area contributed by atoms with E-state index in [0.29, 0.717) is 17.4 Å². The fourth-order valence-corrected chi connectivity index (χ4v) is 10.2. The summed E-state index contributed by atoms with van der Waals surface area (Å²) in [5.74, 6) is -0.502. The quantitative estimate of drug-likeness (QED) is 0.0205. The van der Waals surface area contributed by atoms with Crippen LogP contribution in [-0.4, -0.2) is 74.3 Å². The van der Waals surface area contributed by atoms with Crippen LogP contribution in [0.4, 0.5) is 0 Å². The molecule has 0 heterocycles. The number of carbonyl (C=O) groups is 2. The standard InChI is InChI=1S/C66H125N2O7P/c1-7-10-13-16-19-22-25-28-30-32-33-34-35-37-39-41-44-47-50-53-56-59-66(70)75-64(57-54-51-48-45-42-27-24-21-18-15-12-9-3)63(62-74-76(71,72)73-61-60-68(4,5)6)67-65(69)58-55-52-49-46-43-40-38-36-31-29-26-23-20-17-14-11-8-2/h19,22,28-31,54,57,63-64H,7-18,20-21,23-27,32-53,55-56,58-62H2,1-6H3,(H-,67,69,71,72)/p+1/b22-19-,30-28-,31-29+,57-54+. The second-order valence-electron chi connectivity index (χ2n) is 23.3. The van der Waals surface area contributed by atoms with E-state index in [1.807, 2.05) is 33.3 Å². The highest BCUT2D eigenvalue weighted by Gasteiger charge is 2.30. The molecule has 2 N–H and O–H groups in total. The van der Waals surface area contributed by atoms with E-state index in [-0.39, 0.29) is 31.5 Å². The predicted octanol–water partition coefficient (Wildman–Crippen LogP) is 20.1. The van der Waals surface area contributed by atoms with Gasteiger partial charge in [0, 0.05) is 12.8 Å². The first-order chi connectivity index (χ1) is 36.9. The Bertz CT molecular complexity index is 1440. The lowest BCUT2D eigenvalue weighted by molar-refractivity contribution is -0.870. The molecule has 0 aromatic carbocycles. The van der Waals surface area contributed by atoms with E-state index in [2.05, 4.69) is 62.5 Å². The summed E-state index contributed by atoms with van der Waals surface area (Å²) in [7, 11) is 1.50. The highest BCUT2D eigenvalue weighted by atomic mass is 31.2. The highest BCUT2D eigenvalue weighted by Crippen LogP contribution is 2.43. The number of phosphoric acid groups is 1. The van der Waals surface area contributed by atoms with E-state index in [1.165, 1.54) is 199 Å². The summed E-state index contributed by atoms with van der Waals surface area (Å²) in [5, 5.41) is 3.06. The molecule has 0 bridgehead atoms. The number of amides is 1. The van der Waals surface area contributed by atoms with Gasteiger partial charge in [-0.05, 0) is 89.5 Å². The van der Waals surface area contributed by atoms with Crippen LogP contribution in [0.25, 0.3) is 0 Å². The Morgan fingerprint density at radius 1 is 0.461 bits per heavy atom. The molecule has 0 fully saturated rings. The summed E-state index contributed by atoms with van der Waals surface area (Å²) < 4.78 is 30.7. The number of nitrogens with zero attached hydrogens (tertiary/aromatic N) is 1. The van der Waals surface area contributed by atoms with Gasteiger partial charge in [-0.15, -0.1) is 0 Å². The molecule has 0 aliphatic rings. The third-order valence-corrected chi connectivity index (χ3v) is 15.5. The summed E-state index contributed by atoms with van der Waals surface area (Å²) in [6.07, 6.45) is 69.6. The smallest absolute Gasteiger partial charge is 0.456 e. The number of hydrogen-bond acceptors (Lipinski definition) is 6. The third-order valence-electron chi connectivity index (χ3n) is 14.5. The van der Waals surface area contributed by atoms with Gasteiger partial charge in [0.25, 0.3) is 0 Å². The van der Waals surface area contributed by atoms with Crippen molar-refractivity contribution in [3.63, 3.8) is 0 Å². The SMILES string of the molecule is CCCCC/C=C\C/C=C\CCCCCCCCCCCCCC(=O)OC(/C=C/CCCCCCCCCCCC)C(COP(=O)(O)OCC[N+](C)(C)C)NC(=O)CCCCCCCCC/C=C/CCCCCCCC. The van der Waals surface area contributed by atoms with Gasteiger partial charge >= 0.3 is 13.8 Å². The average Bonchev–Trinajstić information content (AvgIpc) is 3.38. The van der Waals surface area contributed by atoms with Crippen LogP contribution in [0.15, 0.2) is 48.6 Å². The summed E-state index contributed by atoms with van der Waals surface area (Å²) in [6.45, 7) is 7.01. The Morgan fingerprint density at radius 3 is 1.22 bits per heavy atom. The number of phosphoric ester groups is 1. The number of esters is 1. The topological polar surface area (TPSA) is 111 Å². The van der Waals surface area contributed by atoms with Crippen LogP contribution in [0.3, 0.4) is 0 Å². The minimum absolute atomic E-state index is 0.0398. The zero-order valence-corrected chi connectivity index (χ0v) is 51.9. The van der Waals surface area contributed by atoms with Crippen LogP contribution in [0.1, 0.15) is 310 Å². The minimum Gasteiger partial charge on any atom is -0.456 e. The van der Waals surface area contributed by atoms with Crippen molar-refractivity contribution in [3.05, 3.63) is 48.6 Å². The molecule has 0 rings (SSSR count). The van der Waals surface area contributed by atoms with Gasteiger partial charge in [-0.1, -0.05) is 256 Å². The second kappa shape index (κ2) is 56.3. The van der Waals surface area contributed by atoms with Crippen molar-refractivity contribution in [2.24, 2.45) is 0 Å². The van der Waals surface area contributed by atoms with Crippen molar-refractivity contribution >= 4 is 19.7 Å². The molecule has 3 atom stereocenters. The monoisotopic (exact) mass is 1090 g/mol. The molecule has 446 valence electrons. The average molecular weight is 1090 g/mol. The molecule has 0 spiro atoms. The van der Waals surface area contributed by atoms with Crippen LogP contribution >= 0.6 is 7.82 Å². The van der Waals surface area contributed by atoms with E-state index in [9.17, 15) is 19.0 Å². The van der Waals surface area contributed by atoms with Crippen molar-refractivity contribution in [2.75, 3.05) is 40.9 Å². The summed E-state index contributed by atoms with van der Waals surface area (Å²) >= 11 is 0. The fourth-order valence-electron chi connectivity index (χ4n) is 9.44. The highest BCUT2D eigenvalue weighted by molar-refractivity contribution is 7.47. The number of rotatable bonds is 59. The Labute approximate surface area is 471 Å². The maximum Gasteiger partial charge on any atom is 0.472 e. The molecule has 0 aromatic heterocycles. The van der Waals surface area contributed by atoms with E-state index in [0.717, 1.165) is 77.0 Å². The van der Waals surface area contributed by atoms with Gasteiger partial charge in [-0.2, -0.15) is 0 Å². The molecule has 0 saturated heterocycles. The van der Waals surface area contributed by atoms with Crippen LogP contribution in [0.2, 0.25) is 0 Å². The number of hydrogen-bond donors (Lipinski definition) is 2. The first-order valence-electron chi connectivity index (χ1n) is 32.5. The second-order valence-corrected chi connectivity index (χ2v) is 24.7. The van der Waals surface area contributed by atoms with Crippen molar-refractivity contribution in [1.29, 1.82) is 0 Å². The maximum absolute atomic E-state index is 13.6. The molecule has 0 radical (unpaired) electrons. The van der Waals surface area contributed by atoms with Crippen molar-refractivity contribution in [1.82, 2.24) is 5.32 Å². The molecule has 0 aliphatic heterocycles. The van der Waals surface area contributed by atoms with Gasteiger partial charge in [0.2, 0.25) is 5.91 Å². The molecule has 0 aliphatic carbocycles. The van der Waals surface area contributed by atoms with Crippen LogP contribution in [-0.2, 0) is 27.9 Å². The first-order valence-corrected chi connectivity index (χ1v) is 34.0. The van der Waals surface area contributed by atoms with Crippen molar-refractivity contribution in [2.45, 2.75) is 322 Å². The molecule has 0 saturated carbocycles. The van der Waals surface area contributed by atoms with Gasteiger partial charge in [0.05, 0.1) is 33.8 Å². The zero-order chi connectivity index (χ0) is 55.7. The summed E-state index contributed by atoms with van der Waals surface area (Å²) in [5.41, 5.74) is 0. The Morgan fingerprint density at radius 2 is 0.803 bits per heavy atom. The summed E-state index contributed by atoms with van der Waals surface area (Å²) in [4.78, 5) is 37.8. The molecule has 1 amide bonds. The van der Waals surface area contributed by atoms with Crippen LogP contribution in [0, 0.1) is 0 Å². The Kier molecular flexibility index (Phi) is 54.7. The summed E-state index contributed by atoms with van der Waals surface area (Å²) in [6, 6.07) is -0.850. The number of unbranched alkanes of at least 4 members (excludes halogenated alkanes) is 37. The lowest BCUT2D eigenvalue weighted by Crippen LogP contribution is -2.47. The van der Waals surface area contributed by atoms with Gasteiger partial charge in [-0.25, -0.2) is 4.57 Å². The van der Waals surface area contributed by atoms with Gasteiger partial charge in [0.1, 0.15) is 19.3 Å². The number of carbonyl (C=O) groups excluding carboxylic acids is 2. The number of nitrogens with one attached hydrogen (secondary N) is 1. The van der Waals surface area contributed by atoms with E-state index in [1.54, 1.807) is 0 Å². The largest absolute Gasteiger partial charge is 0.472 e. The minimum atomic E-state index is -4.45. The van der Waals surface area contributed by atoms with Crippen LogP contribution in [0.5, 0.6) is 0 Å². The Hall–Kier alpha value is -2.03. The number of likely N-dealkylation sites (N-methyl/N-ethyl adjacent to an activating group) is 1. The van der Waals surface area contributed by atoms with Gasteiger partial charge in [-0.3, -0.25) is 18.6 Å². The van der Waals surface area contributed by atoms with Crippen molar-refractivity contribution < 1.29 is 37.3 Å². The zero-order valence-electron chi connectivity index (χ0n) is 51.0. The molecule has 3 unspecified atom stereocenters. The molecule has 76 heavy (non-hydrogen) atoms. The fraction of sp³-hybridized carbons (Fsp3) is 0.848. The van der Waals surface area contributed by atoms with E-state index in [4.69, 9.17) is 13.8 Å². The lowest BCUT2D eigenvalue weighted by Gasteiger charge is -2.27. The lowest BCUT2D eigenvalue weighted by atomic mass is 10.0. The van der Waals surface area contributed by atoms with E-state index >= 15 is 0 Å². The molecule has 9 nitrogen and oxygen atoms in total. The molecular formula is C66H126N2O7P+. The molecular weight excluding hydrogens is 964 g/mol.